The minimum absolute atomic E-state index is 0.124. The molecule has 2 aliphatic rings. The summed E-state index contributed by atoms with van der Waals surface area (Å²) in [5.41, 5.74) is 1.30. The van der Waals surface area contributed by atoms with E-state index in [9.17, 15) is 21.6 Å². The molecule has 0 saturated carbocycles. The second-order valence-electron chi connectivity index (χ2n) is 9.65. The van der Waals surface area contributed by atoms with Gasteiger partial charge in [-0.25, -0.2) is 16.8 Å². The fourth-order valence-electron chi connectivity index (χ4n) is 4.65. The number of nitrogens with one attached hydrogen (secondary N) is 1. The van der Waals surface area contributed by atoms with Crippen molar-refractivity contribution in [3.8, 4) is 11.5 Å². The zero-order valence-corrected chi connectivity index (χ0v) is 23.7. The standard InChI is InChI=1S/C28H31N3O7S2/c1-21-8-12-24(13-9-21)40(35,36)31-20-27(38-26-7-3-2-6-25(26)31)28(32)29-16-19-37-22-10-14-23(15-11-22)39(33,34)30-17-4-5-18-30/h2-3,6-15,27H,4-5,16-20H2,1H3,(H,29,32). The summed E-state index contributed by atoms with van der Waals surface area (Å²) in [6.07, 6.45) is 0.668. The number of benzene rings is 3. The van der Waals surface area contributed by atoms with Gasteiger partial charge in [-0.2, -0.15) is 4.31 Å². The van der Waals surface area contributed by atoms with Gasteiger partial charge in [0, 0.05) is 13.1 Å². The number of aryl methyl sites for hydroxylation is 1. The van der Waals surface area contributed by atoms with Crippen LogP contribution in [0.15, 0.2) is 82.6 Å². The van der Waals surface area contributed by atoms with E-state index >= 15 is 0 Å². The summed E-state index contributed by atoms with van der Waals surface area (Å²) in [6, 6.07) is 19.4. The molecule has 3 aromatic rings. The Morgan fingerprint density at radius 3 is 2.23 bits per heavy atom. The summed E-state index contributed by atoms with van der Waals surface area (Å²) in [4.78, 5) is 13.3. The van der Waals surface area contributed by atoms with E-state index in [0.717, 1.165) is 18.4 Å². The number of sulfonamides is 2. The molecule has 3 aromatic carbocycles. The molecule has 1 saturated heterocycles. The fraction of sp³-hybridized carbons (Fsp3) is 0.321. The highest BCUT2D eigenvalue weighted by Crippen LogP contribution is 2.36. The molecule has 0 bridgehead atoms. The van der Waals surface area contributed by atoms with Gasteiger partial charge in [0.1, 0.15) is 18.1 Å². The third-order valence-electron chi connectivity index (χ3n) is 6.83. The predicted molar refractivity (Wildman–Crippen MR) is 150 cm³/mol. The topological polar surface area (TPSA) is 122 Å². The van der Waals surface area contributed by atoms with Gasteiger partial charge in [0.15, 0.2) is 6.10 Å². The van der Waals surface area contributed by atoms with Crippen LogP contribution in [0.2, 0.25) is 0 Å². The summed E-state index contributed by atoms with van der Waals surface area (Å²) in [6.45, 7) is 3.02. The van der Waals surface area contributed by atoms with Crippen LogP contribution in [0.5, 0.6) is 11.5 Å². The smallest absolute Gasteiger partial charge is 0.264 e. The van der Waals surface area contributed by atoms with Crippen molar-refractivity contribution < 1.29 is 31.1 Å². The second kappa shape index (κ2) is 11.5. The first-order valence-corrected chi connectivity index (χ1v) is 15.9. The van der Waals surface area contributed by atoms with Crippen molar-refractivity contribution in [2.24, 2.45) is 0 Å². The second-order valence-corrected chi connectivity index (χ2v) is 13.4. The van der Waals surface area contributed by atoms with Crippen molar-refractivity contribution in [2.75, 3.05) is 37.1 Å². The molecular weight excluding hydrogens is 554 g/mol. The molecule has 40 heavy (non-hydrogen) atoms. The maximum atomic E-state index is 13.5. The van der Waals surface area contributed by atoms with Crippen molar-refractivity contribution in [1.82, 2.24) is 9.62 Å². The zero-order chi connectivity index (χ0) is 28.3. The normalized spacial score (nSPS) is 17.6. The molecule has 1 unspecified atom stereocenters. The number of anilines is 1. The molecule has 0 spiro atoms. The van der Waals surface area contributed by atoms with E-state index in [-0.39, 0.29) is 29.5 Å². The summed E-state index contributed by atoms with van der Waals surface area (Å²) in [5, 5.41) is 2.73. The Kier molecular flexibility index (Phi) is 8.02. The van der Waals surface area contributed by atoms with Crippen LogP contribution in [0, 0.1) is 6.92 Å². The van der Waals surface area contributed by atoms with Crippen LogP contribution in [-0.2, 0) is 24.8 Å². The first kappa shape index (κ1) is 27.9. The lowest BCUT2D eigenvalue weighted by Crippen LogP contribution is -2.51. The van der Waals surface area contributed by atoms with Crippen molar-refractivity contribution in [3.05, 3.63) is 78.4 Å². The van der Waals surface area contributed by atoms with Crippen LogP contribution >= 0.6 is 0 Å². The van der Waals surface area contributed by atoms with E-state index in [4.69, 9.17) is 9.47 Å². The monoisotopic (exact) mass is 585 g/mol. The van der Waals surface area contributed by atoms with Gasteiger partial charge in [0.2, 0.25) is 10.0 Å². The number of nitrogens with zero attached hydrogens (tertiary/aromatic N) is 2. The van der Waals surface area contributed by atoms with E-state index in [1.54, 1.807) is 60.7 Å². The van der Waals surface area contributed by atoms with E-state index < -0.39 is 32.1 Å². The van der Waals surface area contributed by atoms with Crippen LogP contribution in [0.4, 0.5) is 5.69 Å². The van der Waals surface area contributed by atoms with Crippen molar-refractivity contribution in [3.63, 3.8) is 0 Å². The first-order valence-electron chi connectivity index (χ1n) is 13.0. The van der Waals surface area contributed by atoms with Gasteiger partial charge >= 0.3 is 0 Å². The molecule has 0 aromatic heterocycles. The molecule has 10 nitrogen and oxygen atoms in total. The van der Waals surface area contributed by atoms with Crippen LogP contribution in [0.1, 0.15) is 18.4 Å². The van der Waals surface area contributed by atoms with Crippen LogP contribution in [0.3, 0.4) is 0 Å². The van der Waals surface area contributed by atoms with Gasteiger partial charge in [-0.15, -0.1) is 0 Å². The number of fused-ring (bicyclic) bond motifs is 1. The van der Waals surface area contributed by atoms with Crippen LogP contribution < -0.4 is 19.1 Å². The minimum atomic E-state index is -3.94. The van der Waals surface area contributed by atoms with Crippen LogP contribution in [-0.4, -0.2) is 65.9 Å². The highest BCUT2D eigenvalue weighted by molar-refractivity contribution is 7.92. The maximum absolute atomic E-state index is 13.5. The quantitative estimate of drug-likeness (QED) is 0.383. The first-order chi connectivity index (χ1) is 19.2. The average molecular weight is 586 g/mol. The fourth-order valence-corrected chi connectivity index (χ4v) is 7.64. The summed E-state index contributed by atoms with van der Waals surface area (Å²) >= 11 is 0. The van der Waals surface area contributed by atoms with Crippen molar-refractivity contribution >= 4 is 31.6 Å². The van der Waals surface area contributed by atoms with Crippen molar-refractivity contribution in [2.45, 2.75) is 35.7 Å². The lowest BCUT2D eigenvalue weighted by atomic mass is 10.2. The molecule has 12 heteroatoms. The predicted octanol–water partition coefficient (Wildman–Crippen LogP) is 2.93. The van der Waals surface area contributed by atoms with Crippen LogP contribution in [0.25, 0.3) is 0 Å². The van der Waals surface area contributed by atoms with Gasteiger partial charge in [-0.05, 0) is 68.3 Å². The highest BCUT2D eigenvalue weighted by Gasteiger charge is 2.37. The Hall–Kier alpha value is -3.61. The molecule has 212 valence electrons. The molecule has 1 fully saturated rings. The van der Waals surface area contributed by atoms with E-state index in [2.05, 4.69) is 5.32 Å². The molecular formula is C28H31N3O7S2. The molecule has 0 aliphatic carbocycles. The molecule has 1 atom stereocenters. The molecule has 1 amide bonds. The molecule has 5 rings (SSSR count). The number of hydrogen-bond acceptors (Lipinski definition) is 7. The number of carbonyl (C=O) groups is 1. The zero-order valence-electron chi connectivity index (χ0n) is 22.0. The number of carbonyl (C=O) groups excluding carboxylic acids is 1. The minimum Gasteiger partial charge on any atom is -0.492 e. The number of amides is 1. The number of hydrogen-bond donors (Lipinski definition) is 1. The SMILES string of the molecule is Cc1ccc(S(=O)(=O)N2CC(C(=O)NCCOc3ccc(S(=O)(=O)N4CCCC4)cc3)Oc3ccccc32)cc1. The largest absolute Gasteiger partial charge is 0.492 e. The maximum Gasteiger partial charge on any atom is 0.264 e. The lowest BCUT2D eigenvalue weighted by molar-refractivity contribution is -0.127. The Balaban J connectivity index is 1.19. The Labute approximate surface area is 234 Å². The summed E-state index contributed by atoms with van der Waals surface area (Å²) < 4.78 is 66.5. The highest BCUT2D eigenvalue weighted by atomic mass is 32.2. The van der Waals surface area contributed by atoms with Gasteiger partial charge < -0.3 is 14.8 Å². The van der Waals surface area contributed by atoms with Gasteiger partial charge in [0.05, 0.1) is 28.6 Å². The third kappa shape index (κ3) is 5.79. The van der Waals surface area contributed by atoms with Crippen molar-refractivity contribution in [1.29, 1.82) is 0 Å². The Bertz CT molecular complexity index is 1570. The molecule has 1 N–H and O–H groups in total. The number of ether oxygens (including phenoxy) is 2. The summed E-state index contributed by atoms with van der Waals surface area (Å²) in [5.74, 6) is 0.284. The van der Waals surface area contributed by atoms with Gasteiger partial charge in [-0.1, -0.05) is 29.8 Å². The number of rotatable bonds is 9. The summed E-state index contributed by atoms with van der Waals surface area (Å²) in [7, 11) is -7.44. The van der Waals surface area contributed by atoms with E-state index in [0.29, 0.717) is 30.3 Å². The molecule has 2 aliphatic heterocycles. The molecule has 0 radical (unpaired) electrons. The Morgan fingerprint density at radius 1 is 0.900 bits per heavy atom. The van der Waals surface area contributed by atoms with Gasteiger partial charge in [-0.3, -0.25) is 9.10 Å². The molecule has 2 heterocycles. The average Bonchev–Trinajstić information content (AvgIpc) is 3.51. The van der Waals surface area contributed by atoms with E-state index in [1.807, 2.05) is 6.92 Å². The number of para-hydroxylation sites is 2. The van der Waals surface area contributed by atoms with E-state index in [1.165, 1.54) is 20.7 Å². The van der Waals surface area contributed by atoms with Gasteiger partial charge in [0.25, 0.3) is 15.9 Å². The Morgan fingerprint density at radius 2 is 1.52 bits per heavy atom. The lowest BCUT2D eigenvalue weighted by Gasteiger charge is -2.34. The third-order valence-corrected chi connectivity index (χ3v) is 10.5.